The molecule has 0 radical (unpaired) electrons. The average molecular weight is 221 g/mol. The highest BCUT2D eigenvalue weighted by Gasteiger charge is 2.42. The third-order valence-corrected chi connectivity index (χ3v) is 2.18. The van der Waals surface area contributed by atoms with E-state index >= 15 is 0 Å². The first-order valence-corrected chi connectivity index (χ1v) is 4.40. The number of halogens is 1. The lowest BCUT2D eigenvalue weighted by Gasteiger charge is -2.15. The second-order valence-electron chi connectivity index (χ2n) is 2.87. The molecule has 0 spiro atoms. The van der Waals surface area contributed by atoms with Gasteiger partial charge in [-0.05, 0) is 0 Å². The molecule has 1 aliphatic heterocycles. The first kappa shape index (κ1) is 10.9. The Hall–Kier alpha value is -1.14. The second-order valence-corrected chi connectivity index (χ2v) is 3.18. The van der Waals surface area contributed by atoms with Crippen LogP contribution in [0.15, 0.2) is 0 Å². The fourth-order valence-electron chi connectivity index (χ4n) is 1.03. The smallest absolute Gasteiger partial charge is 0.334 e. The summed E-state index contributed by atoms with van der Waals surface area (Å²) >= 11 is 5.30. The number of alkyl halides is 1. The maximum absolute atomic E-state index is 11.2. The fraction of sp³-hybridized carbons (Fsp3) is 0.571. The number of amides is 4. The Morgan fingerprint density at radius 1 is 1.36 bits per heavy atom. The molecule has 7 heteroatoms. The third-order valence-electron chi connectivity index (χ3n) is 1.82. The molecule has 1 aliphatic rings. The van der Waals surface area contributed by atoms with E-state index in [1.807, 2.05) is 0 Å². The molecule has 0 aromatic heterocycles. The zero-order valence-corrected chi connectivity index (χ0v) is 8.19. The van der Waals surface area contributed by atoms with Crippen molar-refractivity contribution in [3.63, 3.8) is 0 Å². The Kier molecular flexibility index (Phi) is 3.07. The van der Waals surface area contributed by atoms with Gasteiger partial charge in [-0.2, -0.15) is 0 Å². The van der Waals surface area contributed by atoms with Crippen molar-refractivity contribution in [2.75, 3.05) is 19.5 Å². The Morgan fingerprint density at radius 3 is 2.29 bits per heavy atom. The summed E-state index contributed by atoms with van der Waals surface area (Å²) in [7, 11) is 1.20. The predicted octanol–water partition coefficient (Wildman–Crippen LogP) is -0.993. The molecule has 1 saturated heterocycles. The lowest BCUT2D eigenvalue weighted by atomic mass is 10.3. The molecule has 1 unspecified atom stereocenters. The highest BCUT2D eigenvalue weighted by Crippen LogP contribution is 2.10. The van der Waals surface area contributed by atoms with Crippen molar-refractivity contribution in [3.8, 4) is 0 Å². The van der Waals surface area contributed by atoms with Gasteiger partial charge < -0.3 is 5.11 Å². The molecule has 0 aliphatic carbocycles. The van der Waals surface area contributed by atoms with Crippen LogP contribution >= 0.6 is 11.6 Å². The molecule has 14 heavy (non-hydrogen) atoms. The number of hydrogen-bond acceptors (Lipinski definition) is 4. The molecule has 78 valence electrons. The molecule has 4 amide bonds. The summed E-state index contributed by atoms with van der Waals surface area (Å²) < 4.78 is 0. The zero-order valence-electron chi connectivity index (χ0n) is 7.44. The number of carbonyl (C=O) groups excluding carboxylic acids is 3. The Bertz CT molecular complexity index is 293. The van der Waals surface area contributed by atoms with Crippen LogP contribution in [0.25, 0.3) is 0 Å². The molecule has 1 rings (SSSR count). The van der Waals surface area contributed by atoms with Gasteiger partial charge in [0.15, 0.2) is 0 Å². The first-order chi connectivity index (χ1) is 6.49. The molecule has 0 aromatic carbocycles. The number of urea groups is 1. The van der Waals surface area contributed by atoms with E-state index in [1.165, 1.54) is 7.05 Å². The Balaban J connectivity index is 2.75. The maximum Gasteiger partial charge on any atom is 0.334 e. The van der Waals surface area contributed by atoms with Gasteiger partial charge in [0.25, 0.3) is 0 Å². The Morgan fingerprint density at radius 2 is 1.93 bits per heavy atom. The van der Waals surface area contributed by atoms with Crippen LogP contribution in [-0.2, 0) is 9.59 Å². The van der Waals surface area contributed by atoms with Crippen molar-refractivity contribution in [1.29, 1.82) is 0 Å². The van der Waals surface area contributed by atoms with Crippen LogP contribution in [0.5, 0.6) is 0 Å². The van der Waals surface area contributed by atoms with Crippen LogP contribution in [0, 0.1) is 0 Å². The summed E-state index contributed by atoms with van der Waals surface area (Å²) in [6.07, 6.45) is -1.01. The lowest BCUT2D eigenvalue weighted by molar-refractivity contribution is -0.143. The molecule has 1 atom stereocenters. The van der Waals surface area contributed by atoms with Gasteiger partial charge in [-0.15, -0.1) is 11.6 Å². The molecular formula is C7H9ClN2O4. The average Bonchev–Trinajstić information content (AvgIpc) is 2.35. The monoisotopic (exact) mass is 220 g/mol. The standard InChI is InChI=1S/C7H9ClN2O4/c1-9-5(12)6(13)10(7(9)14)3-4(11)2-8/h4,11H,2-3H2,1H3. The number of rotatable bonds is 3. The molecule has 1 fully saturated rings. The maximum atomic E-state index is 11.2. The zero-order chi connectivity index (χ0) is 10.9. The predicted molar refractivity (Wildman–Crippen MR) is 46.6 cm³/mol. The van der Waals surface area contributed by atoms with Gasteiger partial charge in [0.1, 0.15) is 0 Å². The minimum absolute atomic E-state index is 0.102. The third kappa shape index (κ3) is 1.71. The van der Waals surface area contributed by atoms with Crippen molar-refractivity contribution in [2.24, 2.45) is 0 Å². The van der Waals surface area contributed by atoms with Gasteiger partial charge in [0.2, 0.25) is 0 Å². The summed E-state index contributed by atoms with van der Waals surface area (Å²) in [4.78, 5) is 34.7. The minimum Gasteiger partial charge on any atom is -0.390 e. The SMILES string of the molecule is CN1C(=O)C(=O)N(CC(O)CCl)C1=O. The highest BCUT2D eigenvalue weighted by molar-refractivity contribution is 6.44. The molecule has 0 bridgehead atoms. The van der Waals surface area contributed by atoms with Gasteiger partial charge >= 0.3 is 17.8 Å². The first-order valence-electron chi connectivity index (χ1n) is 3.86. The van der Waals surface area contributed by atoms with E-state index in [2.05, 4.69) is 0 Å². The fourth-order valence-corrected chi connectivity index (χ4v) is 1.13. The lowest BCUT2D eigenvalue weighted by Crippen LogP contribution is -2.38. The molecule has 0 aromatic rings. The largest absolute Gasteiger partial charge is 0.390 e. The van der Waals surface area contributed by atoms with Crippen LogP contribution in [0.4, 0.5) is 4.79 Å². The van der Waals surface area contributed by atoms with Crippen LogP contribution in [0.3, 0.4) is 0 Å². The number of likely N-dealkylation sites (N-methyl/N-ethyl adjacent to an activating group) is 1. The normalized spacial score (nSPS) is 19.5. The van der Waals surface area contributed by atoms with Crippen LogP contribution < -0.4 is 0 Å². The quantitative estimate of drug-likeness (QED) is 0.376. The van der Waals surface area contributed by atoms with Crippen molar-refractivity contribution in [2.45, 2.75) is 6.10 Å². The van der Waals surface area contributed by atoms with Crippen LogP contribution in [-0.4, -0.2) is 58.3 Å². The van der Waals surface area contributed by atoms with Gasteiger partial charge in [-0.25, -0.2) is 4.79 Å². The number of carbonyl (C=O) groups is 3. The van der Waals surface area contributed by atoms with E-state index in [-0.39, 0.29) is 12.4 Å². The highest BCUT2D eigenvalue weighted by atomic mass is 35.5. The van der Waals surface area contributed by atoms with Gasteiger partial charge in [-0.3, -0.25) is 19.4 Å². The van der Waals surface area contributed by atoms with Gasteiger partial charge in [0, 0.05) is 7.05 Å². The van der Waals surface area contributed by atoms with E-state index in [9.17, 15) is 14.4 Å². The number of aliphatic hydroxyl groups is 1. The van der Waals surface area contributed by atoms with Crippen molar-refractivity contribution < 1.29 is 19.5 Å². The van der Waals surface area contributed by atoms with Crippen molar-refractivity contribution in [1.82, 2.24) is 9.80 Å². The summed E-state index contributed by atoms with van der Waals surface area (Å²) in [5.41, 5.74) is 0. The van der Waals surface area contributed by atoms with E-state index in [4.69, 9.17) is 16.7 Å². The van der Waals surface area contributed by atoms with E-state index in [1.54, 1.807) is 0 Å². The Labute approximate surface area is 85.0 Å². The molecule has 1 N–H and O–H groups in total. The number of imide groups is 2. The molecule has 6 nitrogen and oxygen atoms in total. The van der Waals surface area contributed by atoms with E-state index in [0.717, 1.165) is 0 Å². The summed E-state index contributed by atoms with van der Waals surface area (Å²) in [6.45, 7) is -0.253. The summed E-state index contributed by atoms with van der Waals surface area (Å²) in [6, 6.07) is -0.732. The van der Waals surface area contributed by atoms with Crippen molar-refractivity contribution in [3.05, 3.63) is 0 Å². The summed E-state index contributed by atoms with van der Waals surface area (Å²) in [5, 5.41) is 9.12. The minimum atomic E-state index is -1.01. The second kappa shape index (κ2) is 3.93. The van der Waals surface area contributed by atoms with E-state index < -0.39 is 23.9 Å². The molecule has 1 heterocycles. The van der Waals surface area contributed by atoms with Crippen molar-refractivity contribution >= 4 is 29.4 Å². The van der Waals surface area contributed by atoms with Crippen LogP contribution in [0.1, 0.15) is 0 Å². The summed E-state index contributed by atoms with van der Waals surface area (Å²) in [5.74, 6) is -1.92. The van der Waals surface area contributed by atoms with E-state index in [0.29, 0.717) is 9.80 Å². The molecular weight excluding hydrogens is 212 g/mol. The number of hydrogen-bond donors (Lipinski definition) is 1. The van der Waals surface area contributed by atoms with Gasteiger partial charge in [0.05, 0.1) is 18.5 Å². The number of aliphatic hydroxyl groups excluding tert-OH is 1. The number of β-amino-alcohol motifs (C(OH)–C–C–N with tert-alkyl or cyclic N) is 1. The topological polar surface area (TPSA) is 77.9 Å². The van der Waals surface area contributed by atoms with Gasteiger partial charge in [-0.1, -0.05) is 0 Å². The number of nitrogens with zero attached hydrogens (tertiary/aromatic N) is 2. The van der Waals surface area contributed by atoms with Crippen LogP contribution in [0.2, 0.25) is 0 Å². The molecule has 0 saturated carbocycles.